The third-order valence-corrected chi connectivity index (χ3v) is 5.75. The van der Waals surface area contributed by atoms with Gasteiger partial charge in [-0.1, -0.05) is 53.2 Å². The van der Waals surface area contributed by atoms with Crippen molar-refractivity contribution in [3.63, 3.8) is 0 Å². The third-order valence-electron chi connectivity index (χ3n) is 4.57. The van der Waals surface area contributed by atoms with Gasteiger partial charge in [-0.15, -0.1) is 0 Å². The molecule has 1 amide bonds. The van der Waals surface area contributed by atoms with Gasteiger partial charge in [0.25, 0.3) is 5.56 Å². The Bertz CT molecular complexity index is 1340. The summed E-state index contributed by atoms with van der Waals surface area (Å²) in [4.78, 5) is 30.2. The molecule has 8 heteroatoms. The molecule has 4 aromatic rings. The maximum Gasteiger partial charge on any atom is 0.266 e. The molecule has 0 bridgehead atoms. The number of thioether (sulfide) groups is 1. The molecule has 0 unspecified atom stereocenters. The van der Waals surface area contributed by atoms with Gasteiger partial charge in [0.2, 0.25) is 5.91 Å². The molecule has 0 saturated carbocycles. The first-order valence-corrected chi connectivity index (χ1v) is 10.8. The van der Waals surface area contributed by atoms with Crippen molar-refractivity contribution in [2.75, 3.05) is 11.1 Å². The number of halogens is 2. The zero-order chi connectivity index (χ0) is 22.0. The van der Waals surface area contributed by atoms with Crippen molar-refractivity contribution >= 4 is 45.9 Å². The maximum atomic E-state index is 13.9. The Balaban J connectivity index is 1.67. The van der Waals surface area contributed by atoms with E-state index >= 15 is 0 Å². The van der Waals surface area contributed by atoms with Crippen LogP contribution in [0.2, 0.25) is 5.02 Å². The van der Waals surface area contributed by atoms with Gasteiger partial charge in [-0.2, -0.15) is 0 Å². The molecule has 0 atom stereocenters. The summed E-state index contributed by atoms with van der Waals surface area (Å²) in [6, 6.07) is 18.5. The number of hydrogen-bond acceptors (Lipinski definition) is 4. The second-order valence-electron chi connectivity index (χ2n) is 6.85. The van der Waals surface area contributed by atoms with Gasteiger partial charge < -0.3 is 5.32 Å². The van der Waals surface area contributed by atoms with Crippen molar-refractivity contribution < 1.29 is 9.18 Å². The van der Waals surface area contributed by atoms with E-state index in [2.05, 4.69) is 10.3 Å². The second kappa shape index (κ2) is 8.91. The van der Waals surface area contributed by atoms with E-state index in [1.807, 2.05) is 31.2 Å². The molecule has 31 heavy (non-hydrogen) atoms. The maximum absolute atomic E-state index is 13.9. The summed E-state index contributed by atoms with van der Waals surface area (Å²) in [5.74, 6) is -1.09. The molecule has 156 valence electrons. The summed E-state index contributed by atoms with van der Waals surface area (Å²) in [6.45, 7) is 1.96. The van der Waals surface area contributed by atoms with Crippen LogP contribution in [-0.4, -0.2) is 21.2 Å². The summed E-state index contributed by atoms with van der Waals surface area (Å²) in [5, 5.41) is 3.67. The number of carbonyl (C=O) groups is 1. The second-order valence-corrected chi connectivity index (χ2v) is 8.23. The zero-order valence-corrected chi connectivity index (χ0v) is 18.0. The van der Waals surface area contributed by atoms with E-state index in [1.165, 1.54) is 22.8 Å². The molecule has 5 nitrogen and oxygen atoms in total. The highest BCUT2D eigenvalue weighted by Gasteiger charge is 2.15. The first-order valence-electron chi connectivity index (χ1n) is 9.39. The molecule has 1 aromatic heterocycles. The highest BCUT2D eigenvalue weighted by atomic mass is 35.5. The van der Waals surface area contributed by atoms with Crippen molar-refractivity contribution in [3.8, 4) is 5.69 Å². The monoisotopic (exact) mass is 453 g/mol. The van der Waals surface area contributed by atoms with E-state index in [9.17, 15) is 14.0 Å². The molecule has 0 aliphatic rings. The Hall–Kier alpha value is -3.16. The van der Waals surface area contributed by atoms with Crippen LogP contribution < -0.4 is 10.9 Å². The van der Waals surface area contributed by atoms with Gasteiger partial charge in [-0.05, 0) is 49.4 Å². The average molecular weight is 454 g/mol. The molecule has 1 heterocycles. The third kappa shape index (κ3) is 4.62. The van der Waals surface area contributed by atoms with Crippen LogP contribution in [0, 0.1) is 12.7 Å². The molecular weight excluding hydrogens is 437 g/mol. The Morgan fingerprint density at radius 1 is 1.13 bits per heavy atom. The fraction of sp³-hybridized carbons (Fsp3) is 0.0870. The summed E-state index contributed by atoms with van der Waals surface area (Å²) in [7, 11) is 0. The van der Waals surface area contributed by atoms with Gasteiger partial charge >= 0.3 is 0 Å². The van der Waals surface area contributed by atoms with E-state index in [-0.39, 0.29) is 17.0 Å². The SMILES string of the molecule is Cc1ccc(-n2c(SCC(=O)Nc3cc(Cl)ccc3F)nc3ccccc3c2=O)cc1. The van der Waals surface area contributed by atoms with Crippen LogP contribution in [0.1, 0.15) is 5.56 Å². The lowest BCUT2D eigenvalue weighted by Crippen LogP contribution is -2.23. The van der Waals surface area contributed by atoms with Crippen molar-refractivity contribution in [2.45, 2.75) is 12.1 Å². The summed E-state index contributed by atoms with van der Waals surface area (Å²) in [5.41, 5.74) is 2.03. The van der Waals surface area contributed by atoms with Crippen molar-refractivity contribution in [3.05, 3.63) is 93.5 Å². The minimum Gasteiger partial charge on any atom is -0.323 e. The van der Waals surface area contributed by atoms with Gasteiger partial charge in [0.05, 0.1) is 28.0 Å². The Morgan fingerprint density at radius 2 is 1.87 bits per heavy atom. The summed E-state index contributed by atoms with van der Waals surface area (Å²) < 4.78 is 15.4. The standard InChI is InChI=1S/C23H17ClFN3O2S/c1-14-6-9-16(10-7-14)28-22(30)17-4-2-3-5-19(17)27-23(28)31-13-21(29)26-20-12-15(24)8-11-18(20)25/h2-12H,13H2,1H3,(H,26,29). The number of benzene rings is 3. The average Bonchev–Trinajstić information content (AvgIpc) is 2.76. The first kappa shape index (κ1) is 21.1. The fourth-order valence-electron chi connectivity index (χ4n) is 3.04. The Labute approximate surface area is 186 Å². The summed E-state index contributed by atoms with van der Waals surface area (Å²) >= 11 is 6.97. The number of amides is 1. The predicted octanol–water partition coefficient (Wildman–Crippen LogP) is 5.22. The molecule has 4 rings (SSSR count). The molecule has 3 aromatic carbocycles. The largest absolute Gasteiger partial charge is 0.323 e. The number of rotatable bonds is 5. The smallest absolute Gasteiger partial charge is 0.266 e. The molecule has 0 aliphatic carbocycles. The van der Waals surface area contributed by atoms with Crippen LogP contribution in [0.25, 0.3) is 16.6 Å². The van der Waals surface area contributed by atoms with Crippen LogP contribution in [-0.2, 0) is 4.79 Å². The number of fused-ring (bicyclic) bond motifs is 1. The Kier molecular flexibility index (Phi) is 6.06. The van der Waals surface area contributed by atoms with E-state index in [0.29, 0.717) is 26.8 Å². The minimum atomic E-state index is -0.580. The van der Waals surface area contributed by atoms with Crippen molar-refractivity contribution in [1.82, 2.24) is 9.55 Å². The van der Waals surface area contributed by atoms with Gasteiger partial charge in [0.15, 0.2) is 5.16 Å². The van der Waals surface area contributed by atoms with Crippen molar-refractivity contribution in [2.24, 2.45) is 0 Å². The quantitative estimate of drug-likeness (QED) is 0.332. The fourth-order valence-corrected chi connectivity index (χ4v) is 4.03. The minimum absolute atomic E-state index is 0.000459. The molecule has 0 fully saturated rings. The normalized spacial score (nSPS) is 10.9. The van der Waals surface area contributed by atoms with Gasteiger partial charge in [0.1, 0.15) is 5.82 Å². The van der Waals surface area contributed by atoms with Gasteiger partial charge in [-0.3, -0.25) is 14.2 Å². The van der Waals surface area contributed by atoms with Crippen LogP contribution in [0.15, 0.2) is 76.7 Å². The van der Waals surface area contributed by atoms with Crippen LogP contribution in [0.3, 0.4) is 0 Å². The number of hydrogen-bond donors (Lipinski definition) is 1. The highest BCUT2D eigenvalue weighted by molar-refractivity contribution is 7.99. The van der Waals surface area contributed by atoms with Crippen LogP contribution in [0.5, 0.6) is 0 Å². The van der Waals surface area contributed by atoms with Gasteiger partial charge in [-0.25, -0.2) is 9.37 Å². The number of carbonyl (C=O) groups excluding carboxylic acids is 1. The van der Waals surface area contributed by atoms with E-state index in [4.69, 9.17) is 11.6 Å². The number of nitrogens with zero attached hydrogens (tertiary/aromatic N) is 2. The molecule has 0 aliphatic heterocycles. The molecule has 1 N–H and O–H groups in total. The van der Waals surface area contributed by atoms with E-state index in [0.717, 1.165) is 17.3 Å². The lowest BCUT2D eigenvalue weighted by Gasteiger charge is -2.13. The first-order chi connectivity index (χ1) is 14.9. The van der Waals surface area contributed by atoms with Crippen LogP contribution >= 0.6 is 23.4 Å². The molecule has 0 spiro atoms. The van der Waals surface area contributed by atoms with E-state index < -0.39 is 11.7 Å². The predicted molar refractivity (Wildman–Crippen MR) is 123 cm³/mol. The number of nitrogens with one attached hydrogen (secondary N) is 1. The number of para-hydroxylation sites is 1. The Morgan fingerprint density at radius 3 is 2.65 bits per heavy atom. The highest BCUT2D eigenvalue weighted by Crippen LogP contribution is 2.23. The van der Waals surface area contributed by atoms with E-state index in [1.54, 1.807) is 24.3 Å². The van der Waals surface area contributed by atoms with Crippen LogP contribution in [0.4, 0.5) is 10.1 Å². The number of aryl methyl sites for hydroxylation is 1. The number of anilines is 1. The van der Waals surface area contributed by atoms with Gasteiger partial charge in [0, 0.05) is 5.02 Å². The summed E-state index contributed by atoms with van der Waals surface area (Å²) in [6.07, 6.45) is 0. The number of aromatic nitrogens is 2. The molecular formula is C23H17ClFN3O2S. The lowest BCUT2D eigenvalue weighted by atomic mass is 10.2. The molecule has 0 radical (unpaired) electrons. The lowest BCUT2D eigenvalue weighted by molar-refractivity contribution is -0.113. The van der Waals surface area contributed by atoms with Crippen molar-refractivity contribution in [1.29, 1.82) is 0 Å². The molecule has 0 saturated heterocycles. The topological polar surface area (TPSA) is 64.0 Å². The zero-order valence-electron chi connectivity index (χ0n) is 16.4.